The minimum absolute atomic E-state index is 0.00310. The van der Waals surface area contributed by atoms with Crippen molar-refractivity contribution in [2.45, 2.75) is 18.4 Å². The fourth-order valence-electron chi connectivity index (χ4n) is 1.43. The second-order valence-electron chi connectivity index (χ2n) is 3.61. The third-order valence-electron chi connectivity index (χ3n) is 2.13. The van der Waals surface area contributed by atoms with Gasteiger partial charge in [0.2, 0.25) is 5.03 Å². The number of halogens is 1. The molecule has 0 amide bonds. The molecule has 1 aromatic rings. The number of hydrogen-bond acceptors (Lipinski definition) is 5. The van der Waals surface area contributed by atoms with Crippen molar-refractivity contribution < 1.29 is 8.42 Å². The van der Waals surface area contributed by atoms with Gasteiger partial charge < -0.3 is 5.73 Å². The molecular weight excluding hydrogens is 342 g/mol. The molecular formula is C8H14BrN5O2S2. The normalized spacial score (nSPS) is 12.0. The Morgan fingerprint density at radius 2 is 2.22 bits per heavy atom. The van der Waals surface area contributed by atoms with Crippen molar-refractivity contribution in [2.24, 2.45) is 12.8 Å². The van der Waals surface area contributed by atoms with Gasteiger partial charge in [-0.3, -0.25) is 0 Å². The summed E-state index contributed by atoms with van der Waals surface area (Å²) in [5.74, 6) is 0. The predicted octanol–water partition coefficient (Wildman–Crippen LogP) is 0.264. The number of thiocarbonyl (C=S) groups is 1. The SMILES string of the molecule is CCCN(CC(N)=S)S(=O)(=O)c1c(Br)nnn1C. The number of sulfonamides is 1. The van der Waals surface area contributed by atoms with Crippen LogP contribution in [0.1, 0.15) is 13.3 Å². The van der Waals surface area contributed by atoms with Gasteiger partial charge in [0.05, 0.1) is 11.5 Å². The zero-order chi connectivity index (χ0) is 13.9. The lowest BCUT2D eigenvalue weighted by molar-refractivity contribution is 0.441. The van der Waals surface area contributed by atoms with E-state index in [0.717, 1.165) is 0 Å². The van der Waals surface area contributed by atoms with Gasteiger partial charge in [-0.05, 0) is 22.4 Å². The highest BCUT2D eigenvalue weighted by atomic mass is 79.9. The van der Waals surface area contributed by atoms with Gasteiger partial charge in [0, 0.05) is 13.6 Å². The molecule has 0 bridgehead atoms. The molecule has 0 fully saturated rings. The van der Waals surface area contributed by atoms with Crippen LogP contribution in [0.2, 0.25) is 0 Å². The molecule has 7 nitrogen and oxygen atoms in total. The minimum atomic E-state index is -3.72. The monoisotopic (exact) mass is 355 g/mol. The molecule has 0 saturated carbocycles. The Kier molecular flexibility index (Phi) is 5.20. The largest absolute Gasteiger partial charge is 0.392 e. The average Bonchev–Trinajstić information content (AvgIpc) is 2.57. The predicted molar refractivity (Wildman–Crippen MR) is 74.5 cm³/mol. The lowest BCUT2D eigenvalue weighted by Gasteiger charge is -2.20. The van der Waals surface area contributed by atoms with Crippen LogP contribution in [0.5, 0.6) is 0 Å². The fraction of sp³-hybridized carbons (Fsp3) is 0.625. The highest BCUT2D eigenvalue weighted by Gasteiger charge is 2.30. The van der Waals surface area contributed by atoms with Crippen LogP contribution in [0.4, 0.5) is 0 Å². The average molecular weight is 356 g/mol. The van der Waals surface area contributed by atoms with E-state index in [1.165, 1.54) is 16.0 Å². The molecule has 1 heterocycles. The van der Waals surface area contributed by atoms with Gasteiger partial charge in [-0.1, -0.05) is 24.4 Å². The summed E-state index contributed by atoms with van der Waals surface area (Å²) in [6.45, 7) is 2.21. The van der Waals surface area contributed by atoms with Crippen LogP contribution in [0, 0.1) is 0 Å². The molecule has 0 aromatic carbocycles. The number of hydrogen-bond donors (Lipinski definition) is 1. The topological polar surface area (TPSA) is 94.1 Å². The molecule has 102 valence electrons. The molecule has 0 unspecified atom stereocenters. The molecule has 0 radical (unpaired) electrons. The van der Waals surface area contributed by atoms with E-state index in [9.17, 15) is 8.42 Å². The summed E-state index contributed by atoms with van der Waals surface area (Å²) in [4.78, 5) is 0.123. The maximum absolute atomic E-state index is 12.4. The lowest BCUT2D eigenvalue weighted by atomic mass is 10.5. The number of aryl methyl sites for hydroxylation is 1. The molecule has 2 N–H and O–H groups in total. The highest BCUT2D eigenvalue weighted by Crippen LogP contribution is 2.22. The summed E-state index contributed by atoms with van der Waals surface area (Å²) >= 11 is 7.85. The molecule has 0 aliphatic heterocycles. The summed E-state index contributed by atoms with van der Waals surface area (Å²) in [6.07, 6.45) is 0.657. The lowest BCUT2D eigenvalue weighted by Crippen LogP contribution is -2.39. The maximum atomic E-state index is 12.4. The van der Waals surface area contributed by atoms with E-state index in [1.807, 2.05) is 6.92 Å². The summed E-state index contributed by atoms with van der Waals surface area (Å²) in [6, 6.07) is 0. The van der Waals surface area contributed by atoms with Crippen LogP contribution >= 0.6 is 28.1 Å². The van der Waals surface area contributed by atoms with Crippen LogP contribution in [-0.4, -0.2) is 45.8 Å². The number of nitrogens with two attached hydrogens (primary N) is 1. The smallest absolute Gasteiger partial charge is 0.263 e. The van der Waals surface area contributed by atoms with Gasteiger partial charge in [-0.25, -0.2) is 13.1 Å². The Balaban J connectivity index is 3.21. The van der Waals surface area contributed by atoms with E-state index in [-0.39, 0.29) is 21.2 Å². The summed E-state index contributed by atoms with van der Waals surface area (Å²) in [5.41, 5.74) is 5.43. The second kappa shape index (κ2) is 6.04. The third-order valence-corrected chi connectivity index (χ3v) is 4.99. The van der Waals surface area contributed by atoms with E-state index in [2.05, 4.69) is 26.2 Å². The second-order valence-corrected chi connectivity index (χ2v) is 6.74. The van der Waals surface area contributed by atoms with Crippen molar-refractivity contribution in [2.75, 3.05) is 13.1 Å². The Morgan fingerprint density at radius 3 is 2.61 bits per heavy atom. The Hall–Kier alpha value is -0.580. The summed E-state index contributed by atoms with van der Waals surface area (Å²) in [5, 5.41) is 7.31. The van der Waals surface area contributed by atoms with Crippen molar-refractivity contribution in [3.8, 4) is 0 Å². The quantitative estimate of drug-likeness (QED) is 0.735. The van der Waals surface area contributed by atoms with Gasteiger partial charge in [-0.15, -0.1) is 5.10 Å². The molecule has 0 saturated heterocycles. The van der Waals surface area contributed by atoms with Gasteiger partial charge in [-0.2, -0.15) is 4.31 Å². The van der Waals surface area contributed by atoms with Crippen molar-refractivity contribution >= 4 is 43.2 Å². The van der Waals surface area contributed by atoms with Crippen LogP contribution in [0.25, 0.3) is 0 Å². The Morgan fingerprint density at radius 1 is 1.61 bits per heavy atom. The molecule has 0 spiro atoms. The molecule has 0 aliphatic carbocycles. The Bertz CT molecular complexity index is 522. The van der Waals surface area contributed by atoms with Gasteiger partial charge in [0.1, 0.15) is 0 Å². The first-order chi connectivity index (χ1) is 8.30. The van der Waals surface area contributed by atoms with Crippen molar-refractivity contribution in [1.82, 2.24) is 19.3 Å². The van der Waals surface area contributed by atoms with Crippen molar-refractivity contribution in [3.05, 3.63) is 4.60 Å². The first kappa shape index (κ1) is 15.5. The van der Waals surface area contributed by atoms with Crippen LogP contribution in [-0.2, 0) is 17.1 Å². The van der Waals surface area contributed by atoms with E-state index in [0.29, 0.717) is 13.0 Å². The van der Waals surface area contributed by atoms with Crippen molar-refractivity contribution in [1.29, 1.82) is 0 Å². The zero-order valence-electron chi connectivity index (χ0n) is 10.00. The molecule has 0 aliphatic rings. The van der Waals surface area contributed by atoms with Gasteiger partial charge in [0.15, 0.2) is 4.60 Å². The van der Waals surface area contributed by atoms with Crippen molar-refractivity contribution in [3.63, 3.8) is 0 Å². The molecule has 10 heteroatoms. The zero-order valence-corrected chi connectivity index (χ0v) is 13.2. The van der Waals surface area contributed by atoms with Gasteiger partial charge in [0.25, 0.3) is 10.0 Å². The molecule has 18 heavy (non-hydrogen) atoms. The standard InChI is InChI=1S/C8H14BrN5O2S2/c1-3-4-14(5-6(10)17)18(15,16)8-7(9)11-12-13(8)2/h3-5H2,1-2H3,(H2,10,17). The summed E-state index contributed by atoms with van der Waals surface area (Å²) < 4.78 is 27.5. The van der Waals surface area contributed by atoms with E-state index in [1.54, 1.807) is 0 Å². The fourth-order valence-corrected chi connectivity index (χ4v) is 4.21. The van der Waals surface area contributed by atoms with E-state index in [4.69, 9.17) is 18.0 Å². The van der Waals surface area contributed by atoms with E-state index >= 15 is 0 Å². The minimum Gasteiger partial charge on any atom is -0.392 e. The first-order valence-corrected chi connectivity index (χ1v) is 7.78. The molecule has 0 atom stereocenters. The maximum Gasteiger partial charge on any atom is 0.263 e. The van der Waals surface area contributed by atoms with Crippen LogP contribution < -0.4 is 5.73 Å². The highest BCUT2D eigenvalue weighted by molar-refractivity contribution is 9.10. The molecule has 1 rings (SSSR count). The number of aromatic nitrogens is 3. The van der Waals surface area contributed by atoms with Crippen LogP contribution in [0.3, 0.4) is 0 Å². The van der Waals surface area contributed by atoms with Crippen LogP contribution in [0.15, 0.2) is 9.63 Å². The van der Waals surface area contributed by atoms with E-state index < -0.39 is 10.0 Å². The van der Waals surface area contributed by atoms with Gasteiger partial charge >= 0.3 is 0 Å². The first-order valence-electron chi connectivity index (χ1n) is 5.14. The third kappa shape index (κ3) is 3.25. The number of rotatable bonds is 6. The molecule has 1 aromatic heterocycles. The number of nitrogens with zero attached hydrogens (tertiary/aromatic N) is 4. The summed E-state index contributed by atoms with van der Waals surface area (Å²) in [7, 11) is -2.21. The Labute approximate surface area is 120 Å².